The monoisotopic (exact) mass is 374 g/mol. The van der Waals surface area contributed by atoms with Crippen LogP contribution in [0, 0.1) is 0 Å². The Balaban J connectivity index is 1.83. The van der Waals surface area contributed by atoms with Crippen LogP contribution in [0.5, 0.6) is 5.75 Å². The molecule has 0 bridgehead atoms. The average Bonchev–Trinajstić information content (AvgIpc) is 2.62. The largest absolute Gasteiger partial charge is 0.550 e. The molecule has 146 valence electrons. The summed E-state index contributed by atoms with van der Waals surface area (Å²) in [5.74, 6) is -0.875. The van der Waals surface area contributed by atoms with Gasteiger partial charge in [-0.1, -0.05) is 19.8 Å². The number of carbonyl (C=O) groups excluding carboxylic acids is 2. The second-order valence-electron chi connectivity index (χ2n) is 6.32. The number of carboxylic acid groups (broad SMARTS) is 1. The highest BCUT2D eigenvalue weighted by atomic mass is 16.5. The van der Waals surface area contributed by atoms with E-state index in [-0.39, 0.29) is 18.9 Å². The molecule has 0 saturated heterocycles. The Kier molecular flexibility index (Phi) is 7.85. The Labute approximate surface area is 157 Å². The molecule has 7 nitrogen and oxygen atoms in total. The van der Waals surface area contributed by atoms with Crippen LogP contribution < -0.4 is 20.8 Å². The van der Waals surface area contributed by atoms with Crippen molar-refractivity contribution in [3.8, 4) is 5.75 Å². The normalized spacial score (nSPS) is 10.7. The van der Waals surface area contributed by atoms with Crippen molar-refractivity contribution in [2.24, 2.45) is 0 Å². The summed E-state index contributed by atoms with van der Waals surface area (Å²) >= 11 is 0. The fourth-order valence-electron chi connectivity index (χ4n) is 2.78. The number of carboxylic acids is 1. The molecule has 2 aromatic rings. The van der Waals surface area contributed by atoms with Crippen LogP contribution in [0.25, 0.3) is 11.0 Å². The van der Waals surface area contributed by atoms with E-state index >= 15 is 0 Å². The molecule has 0 aliphatic carbocycles. The summed E-state index contributed by atoms with van der Waals surface area (Å²) in [6, 6.07) is 6.69. The third kappa shape index (κ3) is 6.77. The molecular weight excluding hydrogens is 350 g/mol. The maximum absolute atomic E-state index is 11.8. The zero-order valence-electron chi connectivity index (χ0n) is 15.4. The molecule has 0 unspecified atom stereocenters. The molecule has 0 radical (unpaired) electrons. The van der Waals surface area contributed by atoms with Gasteiger partial charge >= 0.3 is 5.63 Å². The predicted molar refractivity (Wildman–Crippen MR) is 98.5 cm³/mol. The van der Waals surface area contributed by atoms with Crippen LogP contribution in [0.1, 0.15) is 44.6 Å². The molecule has 7 heteroatoms. The summed E-state index contributed by atoms with van der Waals surface area (Å²) in [4.78, 5) is 33.8. The molecule has 0 aliphatic rings. The van der Waals surface area contributed by atoms with Crippen molar-refractivity contribution in [1.82, 2.24) is 5.32 Å². The zero-order valence-corrected chi connectivity index (χ0v) is 15.4. The van der Waals surface area contributed by atoms with Crippen LogP contribution in [0.15, 0.2) is 33.5 Å². The smallest absolute Gasteiger partial charge is 0.336 e. The van der Waals surface area contributed by atoms with Gasteiger partial charge in [-0.3, -0.25) is 4.79 Å². The molecule has 1 aromatic heterocycles. The van der Waals surface area contributed by atoms with Gasteiger partial charge in [0.2, 0.25) is 0 Å². The van der Waals surface area contributed by atoms with Gasteiger partial charge in [0, 0.05) is 30.0 Å². The number of hydrogen-bond donors (Lipinski definition) is 1. The first kappa shape index (κ1) is 20.5. The summed E-state index contributed by atoms with van der Waals surface area (Å²) in [5, 5.41) is 13.9. The molecule has 0 spiro atoms. The van der Waals surface area contributed by atoms with Gasteiger partial charge in [-0.15, -0.1) is 0 Å². The second-order valence-corrected chi connectivity index (χ2v) is 6.32. The van der Waals surface area contributed by atoms with E-state index in [0.29, 0.717) is 37.1 Å². The number of aryl methyl sites for hydroxylation is 1. The number of ether oxygens (including phenoxy) is 1. The molecule has 27 heavy (non-hydrogen) atoms. The molecule has 0 atom stereocenters. The van der Waals surface area contributed by atoms with E-state index in [2.05, 4.69) is 5.32 Å². The van der Waals surface area contributed by atoms with E-state index in [0.717, 1.165) is 23.8 Å². The van der Waals surface area contributed by atoms with Gasteiger partial charge in [0.15, 0.2) is 6.61 Å². The first-order valence-electron chi connectivity index (χ1n) is 9.15. The lowest BCUT2D eigenvalue weighted by molar-refractivity contribution is -0.305. The number of rotatable bonds is 11. The topological polar surface area (TPSA) is 109 Å². The molecule has 2 rings (SSSR count). The minimum absolute atomic E-state index is 0.0368. The Bertz CT molecular complexity index is 842. The quantitative estimate of drug-likeness (QED) is 0.472. The van der Waals surface area contributed by atoms with E-state index in [1.165, 1.54) is 6.07 Å². The highest BCUT2D eigenvalue weighted by Crippen LogP contribution is 2.23. The average molecular weight is 374 g/mol. The van der Waals surface area contributed by atoms with Crippen molar-refractivity contribution >= 4 is 22.8 Å². The van der Waals surface area contributed by atoms with Gasteiger partial charge in [0.25, 0.3) is 5.91 Å². The van der Waals surface area contributed by atoms with Gasteiger partial charge in [0.05, 0.1) is 0 Å². The standard InChI is InChI=1S/C20H25NO6/c1-2-6-14-11-20(25)27-17-12-15(8-9-16(14)17)26-13-18(22)21-10-5-3-4-7-19(23)24/h8-9,11-12H,2-7,10,13H2,1H3,(H,21,22)(H,23,24)/p-1. The summed E-state index contributed by atoms with van der Waals surface area (Å²) in [6.07, 6.45) is 3.68. The maximum Gasteiger partial charge on any atom is 0.336 e. The fourth-order valence-corrected chi connectivity index (χ4v) is 2.78. The van der Waals surface area contributed by atoms with Crippen LogP contribution in [-0.4, -0.2) is 25.0 Å². The van der Waals surface area contributed by atoms with Gasteiger partial charge in [0.1, 0.15) is 11.3 Å². The van der Waals surface area contributed by atoms with Crippen molar-refractivity contribution < 1.29 is 23.8 Å². The Morgan fingerprint density at radius 3 is 2.74 bits per heavy atom. The maximum atomic E-state index is 11.8. The zero-order chi connectivity index (χ0) is 19.6. The number of aliphatic carboxylic acids is 1. The van der Waals surface area contributed by atoms with Crippen molar-refractivity contribution in [2.45, 2.75) is 45.4 Å². The number of carbonyl (C=O) groups is 2. The van der Waals surface area contributed by atoms with Crippen LogP contribution in [0.2, 0.25) is 0 Å². The van der Waals surface area contributed by atoms with Gasteiger partial charge in [-0.25, -0.2) is 4.79 Å². The molecule has 0 fully saturated rings. The lowest BCUT2D eigenvalue weighted by Gasteiger charge is -2.09. The van der Waals surface area contributed by atoms with Gasteiger partial charge in [-0.2, -0.15) is 0 Å². The molecule has 1 heterocycles. The van der Waals surface area contributed by atoms with Crippen LogP contribution >= 0.6 is 0 Å². The number of benzene rings is 1. The minimum atomic E-state index is -1.06. The number of nitrogens with one attached hydrogen (secondary N) is 1. The second kappa shape index (κ2) is 10.4. The molecular formula is C20H24NO6-. The lowest BCUT2D eigenvalue weighted by atomic mass is 10.1. The summed E-state index contributed by atoms with van der Waals surface area (Å²) in [5.41, 5.74) is 0.975. The molecule has 1 amide bonds. The third-order valence-electron chi connectivity index (χ3n) is 4.07. The Morgan fingerprint density at radius 1 is 1.19 bits per heavy atom. The van der Waals surface area contributed by atoms with E-state index in [4.69, 9.17) is 9.15 Å². The summed E-state index contributed by atoms with van der Waals surface area (Å²) in [7, 11) is 0. The van der Waals surface area contributed by atoms with E-state index in [1.807, 2.05) is 13.0 Å². The van der Waals surface area contributed by atoms with E-state index < -0.39 is 11.6 Å². The van der Waals surface area contributed by atoms with Crippen LogP contribution in [0.4, 0.5) is 0 Å². The predicted octanol–water partition coefficient (Wildman–Crippen LogP) is 1.55. The number of hydrogen-bond acceptors (Lipinski definition) is 6. The molecule has 1 aromatic carbocycles. The van der Waals surface area contributed by atoms with Crippen LogP contribution in [-0.2, 0) is 16.0 Å². The van der Waals surface area contributed by atoms with Gasteiger partial charge < -0.3 is 24.4 Å². The number of unbranched alkanes of at least 4 members (excludes halogenated alkanes) is 2. The lowest BCUT2D eigenvalue weighted by Crippen LogP contribution is -2.29. The number of fused-ring (bicyclic) bond motifs is 1. The molecule has 0 saturated carbocycles. The Morgan fingerprint density at radius 2 is 2.00 bits per heavy atom. The molecule has 1 N–H and O–H groups in total. The van der Waals surface area contributed by atoms with E-state index in [1.54, 1.807) is 12.1 Å². The first-order valence-corrected chi connectivity index (χ1v) is 9.15. The van der Waals surface area contributed by atoms with Crippen molar-refractivity contribution in [1.29, 1.82) is 0 Å². The minimum Gasteiger partial charge on any atom is -0.550 e. The van der Waals surface area contributed by atoms with Crippen molar-refractivity contribution in [3.05, 3.63) is 40.2 Å². The van der Waals surface area contributed by atoms with Crippen molar-refractivity contribution in [2.75, 3.05) is 13.2 Å². The van der Waals surface area contributed by atoms with E-state index in [9.17, 15) is 19.5 Å². The third-order valence-corrected chi connectivity index (χ3v) is 4.07. The van der Waals surface area contributed by atoms with Crippen molar-refractivity contribution in [3.63, 3.8) is 0 Å². The molecule has 0 aliphatic heterocycles. The number of amides is 1. The van der Waals surface area contributed by atoms with Crippen LogP contribution in [0.3, 0.4) is 0 Å². The highest BCUT2D eigenvalue weighted by molar-refractivity contribution is 5.82. The van der Waals surface area contributed by atoms with Gasteiger partial charge in [-0.05, 0) is 43.4 Å². The highest BCUT2D eigenvalue weighted by Gasteiger charge is 2.08. The summed E-state index contributed by atoms with van der Waals surface area (Å²) < 4.78 is 10.7. The summed E-state index contributed by atoms with van der Waals surface area (Å²) in [6.45, 7) is 2.35. The first-order chi connectivity index (χ1) is 13.0. The SMILES string of the molecule is CCCc1cc(=O)oc2cc(OCC(=O)NCCCCCC(=O)[O-])ccc12. The Hall–Kier alpha value is -2.83. The fraction of sp³-hybridized carbons (Fsp3) is 0.450.